The number of hydrogen-bond acceptors (Lipinski definition) is 2. The summed E-state index contributed by atoms with van der Waals surface area (Å²) in [7, 11) is 0. The third-order valence-electron chi connectivity index (χ3n) is 3.09. The Morgan fingerprint density at radius 3 is 2.47 bits per heavy atom. The molecule has 0 heterocycles. The van der Waals surface area contributed by atoms with Crippen molar-refractivity contribution in [3.05, 3.63) is 0 Å². The Hall–Kier alpha value is -0.570. The van der Waals surface area contributed by atoms with Gasteiger partial charge in [0.2, 0.25) is 5.91 Å². The van der Waals surface area contributed by atoms with E-state index in [0.717, 1.165) is 12.8 Å². The highest BCUT2D eigenvalue weighted by atomic mass is 16.3. The summed E-state index contributed by atoms with van der Waals surface area (Å²) in [6, 6.07) is 0. The summed E-state index contributed by atoms with van der Waals surface area (Å²) in [5.74, 6) is 0.416. The van der Waals surface area contributed by atoms with E-state index < -0.39 is 0 Å². The minimum atomic E-state index is -0.320. The molecule has 0 bridgehead atoms. The van der Waals surface area contributed by atoms with Crippen molar-refractivity contribution in [2.45, 2.75) is 58.0 Å². The van der Waals surface area contributed by atoms with Crippen LogP contribution in [0.1, 0.15) is 51.9 Å². The summed E-state index contributed by atoms with van der Waals surface area (Å²) in [6.07, 6.45) is 7.34. The first kappa shape index (κ1) is 12.5. The van der Waals surface area contributed by atoms with Gasteiger partial charge in [0.25, 0.3) is 0 Å². The Labute approximate surface area is 92.3 Å². The molecule has 1 saturated carbocycles. The molecular weight excluding hydrogens is 190 g/mol. The molecule has 2 N–H and O–H groups in total. The number of hydrogen-bond donors (Lipinski definition) is 2. The van der Waals surface area contributed by atoms with E-state index in [1.54, 1.807) is 6.92 Å². The second-order valence-corrected chi connectivity index (χ2v) is 4.62. The van der Waals surface area contributed by atoms with Gasteiger partial charge < -0.3 is 10.4 Å². The number of rotatable bonds is 4. The van der Waals surface area contributed by atoms with Gasteiger partial charge in [-0.3, -0.25) is 4.79 Å². The zero-order valence-electron chi connectivity index (χ0n) is 9.67. The second kappa shape index (κ2) is 6.83. The van der Waals surface area contributed by atoms with Crippen molar-refractivity contribution in [2.24, 2.45) is 5.92 Å². The van der Waals surface area contributed by atoms with Gasteiger partial charge in [0, 0.05) is 12.5 Å². The average molecular weight is 213 g/mol. The van der Waals surface area contributed by atoms with Gasteiger partial charge in [-0.05, 0) is 26.2 Å². The first-order valence-electron chi connectivity index (χ1n) is 6.16. The van der Waals surface area contributed by atoms with E-state index in [4.69, 9.17) is 5.11 Å². The van der Waals surface area contributed by atoms with Crippen LogP contribution in [0.25, 0.3) is 0 Å². The highest BCUT2D eigenvalue weighted by molar-refractivity contribution is 5.78. The molecule has 0 radical (unpaired) electrons. The monoisotopic (exact) mass is 213 g/mol. The number of carbonyl (C=O) groups excluding carboxylic acids is 1. The summed E-state index contributed by atoms with van der Waals surface area (Å²) in [5.41, 5.74) is 0. The molecule has 0 aliphatic heterocycles. The maximum absolute atomic E-state index is 11.7. The number of carbonyl (C=O) groups is 1. The summed E-state index contributed by atoms with van der Waals surface area (Å²) < 4.78 is 0. The summed E-state index contributed by atoms with van der Waals surface area (Å²) in [6.45, 7) is 2.35. The third-order valence-corrected chi connectivity index (χ3v) is 3.09. The van der Waals surface area contributed by atoms with Gasteiger partial charge in [-0.25, -0.2) is 0 Å². The van der Waals surface area contributed by atoms with Gasteiger partial charge in [-0.2, -0.15) is 0 Å². The smallest absolute Gasteiger partial charge is 0.223 e. The average Bonchev–Trinajstić information content (AvgIpc) is 2.44. The Bertz CT molecular complexity index is 184. The largest absolute Gasteiger partial charge is 0.393 e. The Kier molecular flexibility index (Phi) is 5.69. The van der Waals surface area contributed by atoms with Crippen molar-refractivity contribution in [3.8, 4) is 0 Å². The molecule has 1 aliphatic carbocycles. The molecule has 1 rings (SSSR count). The van der Waals surface area contributed by atoms with E-state index in [2.05, 4.69) is 5.32 Å². The number of aliphatic hydroxyl groups excluding tert-OH is 1. The van der Waals surface area contributed by atoms with Crippen LogP contribution >= 0.6 is 0 Å². The molecule has 0 aromatic rings. The van der Waals surface area contributed by atoms with Crippen molar-refractivity contribution < 1.29 is 9.90 Å². The summed E-state index contributed by atoms with van der Waals surface area (Å²) in [5, 5.41) is 12.0. The van der Waals surface area contributed by atoms with E-state index in [1.807, 2.05) is 0 Å². The fourth-order valence-corrected chi connectivity index (χ4v) is 2.09. The zero-order chi connectivity index (χ0) is 11.1. The Morgan fingerprint density at radius 1 is 1.33 bits per heavy atom. The van der Waals surface area contributed by atoms with Gasteiger partial charge in [0.1, 0.15) is 0 Å². The molecule has 15 heavy (non-hydrogen) atoms. The first-order valence-corrected chi connectivity index (χ1v) is 6.16. The fourth-order valence-electron chi connectivity index (χ4n) is 2.09. The maximum atomic E-state index is 11.7. The van der Waals surface area contributed by atoms with Crippen molar-refractivity contribution in [3.63, 3.8) is 0 Å². The molecule has 0 aromatic heterocycles. The number of amides is 1. The maximum Gasteiger partial charge on any atom is 0.223 e. The van der Waals surface area contributed by atoms with Crippen LogP contribution in [0.5, 0.6) is 0 Å². The topological polar surface area (TPSA) is 49.3 Å². The van der Waals surface area contributed by atoms with Crippen LogP contribution in [0, 0.1) is 5.92 Å². The lowest BCUT2D eigenvalue weighted by atomic mass is 9.99. The number of nitrogens with one attached hydrogen (secondary N) is 1. The van der Waals surface area contributed by atoms with E-state index in [1.165, 1.54) is 25.7 Å². The number of aliphatic hydroxyl groups is 1. The summed E-state index contributed by atoms with van der Waals surface area (Å²) >= 11 is 0. The van der Waals surface area contributed by atoms with Crippen LogP contribution in [-0.2, 0) is 4.79 Å². The molecule has 1 atom stereocenters. The normalized spacial score (nSPS) is 20.7. The quantitative estimate of drug-likeness (QED) is 0.700. The predicted molar refractivity (Wildman–Crippen MR) is 60.5 cm³/mol. The lowest BCUT2D eigenvalue weighted by Gasteiger charge is -2.14. The molecule has 3 heteroatoms. The van der Waals surface area contributed by atoms with Gasteiger partial charge in [-0.1, -0.05) is 25.7 Å². The minimum Gasteiger partial charge on any atom is -0.393 e. The van der Waals surface area contributed by atoms with Crippen LogP contribution in [0.4, 0.5) is 0 Å². The SMILES string of the molecule is CC(O)CCNC(=O)C1CCCCCC1. The van der Waals surface area contributed by atoms with Crippen LogP contribution in [0.3, 0.4) is 0 Å². The highest BCUT2D eigenvalue weighted by Crippen LogP contribution is 2.22. The molecule has 1 unspecified atom stereocenters. The van der Waals surface area contributed by atoms with Gasteiger partial charge in [0.15, 0.2) is 0 Å². The molecular formula is C12H23NO2. The van der Waals surface area contributed by atoms with E-state index >= 15 is 0 Å². The Balaban J connectivity index is 2.19. The standard InChI is InChI=1S/C12H23NO2/c1-10(14)8-9-13-12(15)11-6-4-2-3-5-7-11/h10-11,14H,2-9H2,1H3,(H,13,15). The zero-order valence-corrected chi connectivity index (χ0v) is 9.67. The molecule has 1 amide bonds. The van der Waals surface area contributed by atoms with Gasteiger partial charge >= 0.3 is 0 Å². The van der Waals surface area contributed by atoms with Crippen molar-refractivity contribution >= 4 is 5.91 Å². The molecule has 1 aliphatic rings. The van der Waals surface area contributed by atoms with Gasteiger partial charge in [0.05, 0.1) is 6.10 Å². The van der Waals surface area contributed by atoms with E-state index in [-0.39, 0.29) is 17.9 Å². The summed E-state index contributed by atoms with van der Waals surface area (Å²) in [4.78, 5) is 11.7. The second-order valence-electron chi connectivity index (χ2n) is 4.62. The third kappa shape index (κ3) is 5.17. The highest BCUT2D eigenvalue weighted by Gasteiger charge is 2.19. The molecule has 0 aromatic carbocycles. The molecule has 0 spiro atoms. The van der Waals surface area contributed by atoms with Crippen LogP contribution in [0.2, 0.25) is 0 Å². The van der Waals surface area contributed by atoms with Gasteiger partial charge in [-0.15, -0.1) is 0 Å². The van der Waals surface area contributed by atoms with Crippen molar-refractivity contribution in [2.75, 3.05) is 6.54 Å². The van der Waals surface area contributed by atoms with Crippen LogP contribution < -0.4 is 5.32 Å². The molecule has 0 saturated heterocycles. The van der Waals surface area contributed by atoms with Crippen LogP contribution in [0.15, 0.2) is 0 Å². The first-order chi connectivity index (χ1) is 7.20. The fraction of sp³-hybridized carbons (Fsp3) is 0.917. The predicted octanol–water partition coefficient (Wildman–Crippen LogP) is 1.84. The lowest BCUT2D eigenvalue weighted by Crippen LogP contribution is -2.32. The Morgan fingerprint density at radius 2 is 1.93 bits per heavy atom. The minimum absolute atomic E-state index is 0.192. The molecule has 1 fully saturated rings. The molecule has 88 valence electrons. The van der Waals surface area contributed by atoms with E-state index in [9.17, 15) is 4.79 Å². The van der Waals surface area contributed by atoms with Crippen molar-refractivity contribution in [1.82, 2.24) is 5.32 Å². The molecule has 3 nitrogen and oxygen atoms in total. The van der Waals surface area contributed by atoms with Crippen molar-refractivity contribution in [1.29, 1.82) is 0 Å². The van der Waals surface area contributed by atoms with E-state index in [0.29, 0.717) is 13.0 Å². The lowest BCUT2D eigenvalue weighted by molar-refractivity contribution is -0.125. The van der Waals surface area contributed by atoms with Crippen LogP contribution in [-0.4, -0.2) is 23.7 Å².